The zero-order chi connectivity index (χ0) is 15.4. The molecule has 1 aromatic rings. The summed E-state index contributed by atoms with van der Waals surface area (Å²) in [7, 11) is -1.30. The van der Waals surface area contributed by atoms with Crippen molar-refractivity contribution in [3.63, 3.8) is 0 Å². The zero-order valence-electron chi connectivity index (χ0n) is 12.6. The van der Waals surface area contributed by atoms with Crippen molar-refractivity contribution < 1.29 is 12.8 Å². The molecule has 114 valence electrons. The molecule has 1 aromatic carbocycles. The van der Waals surface area contributed by atoms with Crippen LogP contribution in [-0.4, -0.2) is 32.5 Å². The standard InChI is InChI=1S/C15H24FNO2S/c1-15(2,3)20(18,19)10-9-13(11-17-4)12-5-7-14(16)8-6-12/h5-8,13,17H,9-11H2,1-4H3. The topological polar surface area (TPSA) is 46.2 Å². The third-order valence-electron chi connectivity index (χ3n) is 3.46. The van der Waals surface area contributed by atoms with Crippen LogP contribution < -0.4 is 5.32 Å². The molecule has 0 aliphatic carbocycles. The summed E-state index contributed by atoms with van der Waals surface area (Å²) in [5, 5.41) is 3.07. The number of hydrogen-bond acceptors (Lipinski definition) is 3. The van der Waals surface area contributed by atoms with Gasteiger partial charge in [-0.1, -0.05) is 12.1 Å². The van der Waals surface area contributed by atoms with Crippen LogP contribution >= 0.6 is 0 Å². The van der Waals surface area contributed by atoms with Crippen LogP contribution in [0.1, 0.15) is 38.7 Å². The van der Waals surface area contributed by atoms with Crippen molar-refractivity contribution in [3.05, 3.63) is 35.6 Å². The fraction of sp³-hybridized carbons (Fsp3) is 0.600. The summed E-state index contributed by atoms with van der Waals surface area (Å²) in [6, 6.07) is 6.27. The number of benzene rings is 1. The highest BCUT2D eigenvalue weighted by molar-refractivity contribution is 7.92. The second kappa shape index (κ2) is 6.68. The minimum atomic E-state index is -3.13. The molecule has 0 heterocycles. The van der Waals surface area contributed by atoms with Gasteiger partial charge in [-0.05, 0) is 57.9 Å². The molecule has 0 saturated carbocycles. The minimum Gasteiger partial charge on any atom is -0.319 e. The molecule has 0 radical (unpaired) electrons. The highest BCUT2D eigenvalue weighted by atomic mass is 32.2. The first-order valence-corrected chi connectivity index (χ1v) is 8.45. The molecule has 20 heavy (non-hydrogen) atoms. The Balaban J connectivity index is 2.81. The van der Waals surface area contributed by atoms with Crippen LogP contribution in [0.5, 0.6) is 0 Å². The number of nitrogens with one attached hydrogen (secondary N) is 1. The van der Waals surface area contributed by atoms with Gasteiger partial charge in [0.2, 0.25) is 0 Å². The summed E-state index contributed by atoms with van der Waals surface area (Å²) >= 11 is 0. The van der Waals surface area contributed by atoms with E-state index in [2.05, 4.69) is 5.32 Å². The molecular formula is C15H24FNO2S. The van der Waals surface area contributed by atoms with E-state index in [1.165, 1.54) is 12.1 Å². The van der Waals surface area contributed by atoms with Gasteiger partial charge in [0, 0.05) is 6.54 Å². The molecule has 0 saturated heterocycles. The van der Waals surface area contributed by atoms with Crippen molar-refractivity contribution in [2.45, 2.75) is 37.9 Å². The van der Waals surface area contributed by atoms with Crippen LogP contribution in [0.15, 0.2) is 24.3 Å². The Bertz CT molecular complexity index is 518. The van der Waals surface area contributed by atoms with Gasteiger partial charge in [-0.2, -0.15) is 0 Å². The molecule has 0 aromatic heterocycles. The number of halogens is 1. The van der Waals surface area contributed by atoms with Crippen LogP contribution in [-0.2, 0) is 9.84 Å². The number of sulfone groups is 1. The average Bonchev–Trinajstić information content (AvgIpc) is 2.34. The second-order valence-electron chi connectivity index (χ2n) is 6.03. The maximum absolute atomic E-state index is 13.0. The molecule has 0 fully saturated rings. The Morgan fingerprint density at radius 2 is 1.75 bits per heavy atom. The van der Waals surface area contributed by atoms with E-state index in [1.807, 2.05) is 7.05 Å². The summed E-state index contributed by atoms with van der Waals surface area (Å²) < 4.78 is 36.6. The van der Waals surface area contributed by atoms with Crippen molar-refractivity contribution in [1.29, 1.82) is 0 Å². The first kappa shape index (κ1) is 17.1. The Morgan fingerprint density at radius 1 is 1.20 bits per heavy atom. The predicted molar refractivity (Wildman–Crippen MR) is 81.2 cm³/mol. The van der Waals surface area contributed by atoms with Crippen molar-refractivity contribution in [2.24, 2.45) is 0 Å². The van der Waals surface area contributed by atoms with Crippen LogP contribution in [0.2, 0.25) is 0 Å². The highest BCUT2D eigenvalue weighted by Crippen LogP contribution is 2.24. The fourth-order valence-corrected chi connectivity index (χ4v) is 3.18. The molecule has 0 aliphatic heterocycles. The summed E-state index contributed by atoms with van der Waals surface area (Å²) in [4.78, 5) is 0. The van der Waals surface area contributed by atoms with E-state index in [-0.39, 0.29) is 17.5 Å². The van der Waals surface area contributed by atoms with Crippen molar-refractivity contribution >= 4 is 9.84 Å². The summed E-state index contributed by atoms with van der Waals surface area (Å²) in [5.74, 6) is -0.0720. The van der Waals surface area contributed by atoms with E-state index in [0.29, 0.717) is 13.0 Å². The molecule has 0 aliphatic rings. The van der Waals surface area contributed by atoms with Gasteiger partial charge in [0.15, 0.2) is 9.84 Å². The summed E-state index contributed by atoms with van der Waals surface area (Å²) in [6.07, 6.45) is 0.534. The molecular weight excluding hydrogens is 277 g/mol. The first-order chi connectivity index (χ1) is 9.17. The Kier molecular flexibility index (Phi) is 5.71. The van der Waals surface area contributed by atoms with Crippen LogP contribution in [0.3, 0.4) is 0 Å². The Labute approximate surface area is 121 Å². The van der Waals surface area contributed by atoms with Gasteiger partial charge in [0.1, 0.15) is 5.82 Å². The molecule has 0 spiro atoms. The smallest absolute Gasteiger partial charge is 0.155 e. The predicted octanol–water partition coefficient (Wildman–Crippen LogP) is 2.73. The van der Waals surface area contributed by atoms with E-state index in [4.69, 9.17) is 0 Å². The zero-order valence-corrected chi connectivity index (χ0v) is 13.4. The minimum absolute atomic E-state index is 0.0673. The van der Waals surface area contributed by atoms with Crippen LogP contribution in [0.4, 0.5) is 4.39 Å². The summed E-state index contributed by atoms with van der Waals surface area (Å²) in [5.41, 5.74) is 0.963. The van der Waals surface area contributed by atoms with Crippen molar-refractivity contribution in [3.8, 4) is 0 Å². The lowest BCUT2D eigenvalue weighted by Crippen LogP contribution is -2.31. The molecule has 1 rings (SSSR count). The van der Waals surface area contributed by atoms with E-state index < -0.39 is 14.6 Å². The van der Waals surface area contributed by atoms with Crippen molar-refractivity contribution in [1.82, 2.24) is 5.32 Å². The fourth-order valence-electron chi connectivity index (χ4n) is 1.97. The van der Waals surface area contributed by atoms with E-state index in [1.54, 1.807) is 32.9 Å². The molecule has 1 unspecified atom stereocenters. The monoisotopic (exact) mass is 301 g/mol. The van der Waals surface area contributed by atoms with Gasteiger partial charge in [-0.25, -0.2) is 12.8 Å². The summed E-state index contributed by atoms with van der Waals surface area (Å²) in [6.45, 7) is 5.82. The van der Waals surface area contributed by atoms with Gasteiger partial charge in [-0.15, -0.1) is 0 Å². The lowest BCUT2D eigenvalue weighted by Gasteiger charge is -2.22. The average molecular weight is 301 g/mol. The molecule has 0 amide bonds. The van der Waals surface area contributed by atoms with Crippen molar-refractivity contribution in [2.75, 3.05) is 19.3 Å². The van der Waals surface area contributed by atoms with Crippen LogP contribution in [0.25, 0.3) is 0 Å². The number of likely N-dealkylation sites (N-methyl/N-ethyl adjacent to an activating group) is 1. The number of rotatable bonds is 6. The van der Waals surface area contributed by atoms with E-state index in [9.17, 15) is 12.8 Å². The van der Waals surface area contributed by atoms with Gasteiger partial charge >= 0.3 is 0 Å². The van der Waals surface area contributed by atoms with Gasteiger partial charge in [0.25, 0.3) is 0 Å². The molecule has 5 heteroatoms. The van der Waals surface area contributed by atoms with Gasteiger partial charge in [0.05, 0.1) is 10.5 Å². The van der Waals surface area contributed by atoms with Crippen LogP contribution in [0, 0.1) is 5.82 Å². The molecule has 1 atom stereocenters. The van der Waals surface area contributed by atoms with Gasteiger partial charge in [-0.3, -0.25) is 0 Å². The normalized spacial score (nSPS) is 14.2. The molecule has 0 bridgehead atoms. The lowest BCUT2D eigenvalue weighted by molar-refractivity contribution is 0.545. The number of hydrogen-bond donors (Lipinski definition) is 1. The Morgan fingerprint density at radius 3 is 2.20 bits per heavy atom. The second-order valence-corrected chi connectivity index (χ2v) is 8.89. The highest BCUT2D eigenvalue weighted by Gasteiger charge is 2.29. The maximum atomic E-state index is 13.0. The Hall–Kier alpha value is -0.940. The third kappa shape index (κ3) is 4.56. The maximum Gasteiger partial charge on any atom is 0.155 e. The molecule has 3 nitrogen and oxygen atoms in total. The third-order valence-corrected chi connectivity index (χ3v) is 6.10. The first-order valence-electron chi connectivity index (χ1n) is 6.80. The van der Waals surface area contributed by atoms with Gasteiger partial charge < -0.3 is 5.32 Å². The largest absolute Gasteiger partial charge is 0.319 e. The quantitative estimate of drug-likeness (QED) is 0.879. The van der Waals surface area contributed by atoms with E-state index >= 15 is 0 Å². The molecule has 1 N–H and O–H groups in total. The van der Waals surface area contributed by atoms with E-state index in [0.717, 1.165) is 5.56 Å². The lowest BCUT2D eigenvalue weighted by atomic mass is 9.96. The SMILES string of the molecule is CNCC(CCS(=O)(=O)C(C)(C)C)c1ccc(F)cc1.